The van der Waals surface area contributed by atoms with Crippen LogP contribution in [0.2, 0.25) is 0 Å². The molecule has 2 N–H and O–H groups in total. The number of nitrogens with one attached hydrogen (secondary N) is 2. The number of pyridine rings is 1. The van der Waals surface area contributed by atoms with E-state index in [1.54, 1.807) is 23.2 Å². The number of benzene rings is 1. The highest BCUT2D eigenvalue weighted by molar-refractivity contribution is 7.91. The van der Waals surface area contributed by atoms with Crippen LogP contribution in [0.15, 0.2) is 41.9 Å². The Morgan fingerprint density at radius 3 is 2.73 bits per heavy atom. The molecule has 3 amide bonds. The highest BCUT2D eigenvalue weighted by Gasteiger charge is 2.62. The van der Waals surface area contributed by atoms with Gasteiger partial charge in [0.2, 0.25) is 21.8 Å². The molecule has 2 radical (unpaired) electrons. The monoisotopic (exact) mass is 703 g/mol. The summed E-state index contributed by atoms with van der Waals surface area (Å²) in [4.78, 5) is 52.1. The van der Waals surface area contributed by atoms with Crippen LogP contribution in [0.3, 0.4) is 0 Å². The Labute approximate surface area is 290 Å². The van der Waals surface area contributed by atoms with E-state index in [-0.39, 0.29) is 37.6 Å². The second-order valence-corrected chi connectivity index (χ2v) is 16.1. The zero-order chi connectivity index (χ0) is 34.3. The van der Waals surface area contributed by atoms with Crippen LogP contribution < -0.4 is 25.0 Å². The van der Waals surface area contributed by atoms with Gasteiger partial charge < -0.3 is 19.7 Å². The van der Waals surface area contributed by atoms with Crippen molar-refractivity contribution in [1.82, 2.24) is 24.9 Å². The third kappa shape index (κ3) is 6.79. The number of hydrogen-bond donors (Lipinski definition) is 2. The van der Waals surface area contributed by atoms with Crippen LogP contribution in [0, 0.1) is 5.92 Å². The minimum atomic E-state index is -3.83. The maximum atomic E-state index is 14.1. The quantitative estimate of drug-likeness (QED) is 0.279. The molecule has 15 heteroatoms. The highest BCUT2D eigenvalue weighted by Crippen LogP contribution is 2.46. The number of rotatable bonds is 7. The summed E-state index contributed by atoms with van der Waals surface area (Å²) >= 11 is 1.42. The number of nitrogens with zero attached hydrogens (tertiary/aromatic N) is 3. The van der Waals surface area contributed by atoms with Crippen LogP contribution in [0.25, 0.3) is 21.6 Å². The highest BCUT2D eigenvalue weighted by atomic mass is 32.2. The number of fused-ring (bicyclic) bond motifs is 3. The molecule has 4 heterocycles. The lowest BCUT2D eigenvalue weighted by Crippen LogP contribution is -2.56. The molecule has 4 aliphatic rings. The van der Waals surface area contributed by atoms with E-state index in [9.17, 15) is 22.8 Å². The van der Waals surface area contributed by atoms with E-state index < -0.39 is 44.8 Å². The van der Waals surface area contributed by atoms with Gasteiger partial charge >= 0.3 is 0 Å². The van der Waals surface area contributed by atoms with Crippen molar-refractivity contribution in [2.45, 2.75) is 87.1 Å². The number of ether oxygens (including phenoxy) is 2. The van der Waals surface area contributed by atoms with Crippen molar-refractivity contribution in [1.29, 1.82) is 0 Å². The number of aromatic nitrogens is 2. The Balaban J connectivity index is 1.19. The summed E-state index contributed by atoms with van der Waals surface area (Å²) < 4.78 is 39.7. The third-order valence-corrected chi connectivity index (χ3v) is 12.5. The Hall–Kier alpha value is -3.98. The predicted octanol–water partition coefficient (Wildman–Crippen LogP) is 2.90. The second kappa shape index (κ2) is 13.4. The zero-order valence-electron chi connectivity index (χ0n) is 27.2. The molecule has 7 rings (SSSR count). The fraction of sp³-hybridized carbons (Fsp3) is 0.500. The molecule has 12 nitrogen and oxygen atoms in total. The van der Waals surface area contributed by atoms with Gasteiger partial charge in [-0.3, -0.25) is 19.1 Å². The molecule has 256 valence electrons. The van der Waals surface area contributed by atoms with Crippen LogP contribution >= 0.6 is 11.3 Å². The average molecular weight is 704 g/mol. The molecule has 49 heavy (non-hydrogen) atoms. The molecular weight excluding hydrogens is 665 g/mol. The van der Waals surface area contributed by atoms with E-state index in [0.717, 1.165) is 25.7 Å². The van der Waals surface area contributed by atoms with Crippen molar-refractivity contribution in [2.75, 3.05) is 13.7 Å². The van der Waals surface area contributed by atoms with E-state index >= 15 is 0 Å². The molecular formula is C34H38BN5O7S2. The Morgan fingerprint density at radius 2 is 1.98 bits per heavy atom. The van der Waals surface area contributed by atoms with Gasteiger partial charge in [0, 0.05) is 41.8 Å². The number of sulfonamides is 1. The van der Waals surface area contributed by atoms with E-state index in [1.165, 1.54) is 18.4 Å². The number of methoxy groups -OCH3 is 1. The van der Waals surface area contributed by atoms with Gasteiger partial charge in [0.15, 0.2) is 0 Å². The fourth-order valence-electron chi connectivity index (χ4n) is 6.85. The molecule has 1 aromatic carbocycles. The Kier molecular flexibility index (Phi) is 9.16. The normalized spacial score (nSPS) is 26.9. The summed E-state index contributed by atoms with van der Waals surface area (Å²) in [5, 5.41) is 5.47. The summed E-state index contributed by atoms with van der Waals surface area (Å²) in [5.74, 6) is -0.837. The number of hydrogen-bond acceptors (Lipinski definition) is 10. The van der Waals surface area contributed by atoms with Crippen LogP contribution in [-0.4, -0.2) is 85.4 Å². The summed E-state index contributed by atoms with van der Waals surface area (Å²) in [7, 11) is 4.15. The van der Waals surface area contributed by atoms with Crippen LogP contribution in [0.4, 0.5) is 0 Å². The first kappa shape index (κ1) is 33.5. The number of allylic oxidation sites excluding steroid dienone is 1. The predicted molar refractivity (Wildman–Crippen MR) is 185 cm³/mol. The minimum Gasteiger partial charge on any atom is -0.497 e. The maximum Gasteiger partial charge on any atom is 0.259 e. The van der Waals surface area contributed by atoms with Crippen molar-refractivity contribution < 1.29 is 32.3 Å². The molecule has 2 aliphatic carbocycles. The first-order valence-corrected chi connectivity index (χ1v) is 19.2. The Bertz CT molecular complexity index is 1920. The standard InChI is InChI=1S/C34H38BN5O7S2/c1-46-26-13-12-23-27(17-24(32-36-14-15-48-32)37-30(23)29(26)35)47-21-16-25-31(42)38-34(33(43)39-49(44,45)22-10-11-22)18-20(34)8-6-4-2-3-5-7-9-28(41)40(25)19-21/h6,8,12-15,17,20-22,25H,2-5,7,9-11,16,18-19H2,1H3,(H,38,42)(H,39,43)/b8-6-/t20-,21-,25+,34-/m1/s1. The molecule has 3 aromatic rings. The van der Waals surface area contributed by atoms with Gasteiger partial charge in [0.05, 0.1) is 24.4 Å². The van der Waals surface area contributed by atoms with Crippen LogP contribution in [0.1, 0.15) is 64.2 Å². The van der Waals surface area contributed by atoms with E-state index in [4.69, 9.17) is 22.3 Å². The smallest absolute Gasteiger partial charge is 0.259 e. The Morgan fingerprint density at radius 1 is 1.16 bits per heavy atom. The third-order valence-electron chi connectivity index (χ3n) is 9.84. The molecule has 4 atom stereocenters. The van der Waals surface area contributed by atoms with Crippen LogP contribution in [0.5, 0.6) is 11.5 Å². The number of carbonyl (C=O) groups excluding carboxylic acids is 3. The lowest BCUT2D eigenvalue weighted by atomic mass is 9.91. The topological polar surface area (TPSA) is 157 Å². The molecule has 2 aromatic heterocycles. The molecule has 0 bridgehead atoms. The molecule has 2 saturated carbocycles. The van der Waals surface area contributed by atoms with Crippen molar-refractivity contribution in [2.24, 2.45) is 5.92 Å². The molecule has 2 aliphatic heterocycles. The zero-order valence-corrected chi connectivity index (χ0v) is 28.9. The average Bonchev–Trinajstić information content (AvgIpc) is 3.94. The van der Waals surface area contributed by atoms with Gasteiger partial charge in [-0.1, -0.05) is 25.0 Å². The fourth-order valence-corrected chi connectivity index (χ4v) is 8.81. The lowest BCUT2D eigenvalue weighted by molar-refractivity contribution is -0.139. The number of amides is 3. The first-order chi connectivity index (χ1) is 23.6. The largest absolute Gasteiger partial charge is 0.497 e. The maximum absolute atomic E-state index is 14.1. The molecule has 3 fully saturated rings. The summed E-state index contributed by atoms with van der Waals surface area (Å²) in [6.07, 6.45) is 11.0. The van der Waals surface area contributed by atoms with Crippen molar-refractivity contribution in [3.63, 3.8) is 0 Å². The summed E-state index contributed by atoms with van der Waals surface area (Å²) in [6.45, 7) is 0.150. The van der Waals surface area contributed by atoms with Gasteiger partial charge in [0.1, 0.15) is 47.7 Å². The van der Waals surface area contributed by atoms with Crippen molar-refractivity contribution >= 4 is 63.3 Å². The van der Waals surface area contributed by atoms with E-state index in [2.05, 4.69) is 15.0 Å². The number of thiazole rings is 1. The number of carbonyl (C=O) groups is 3. The SMILES string of the molecule is [B]c1c(OC)ccc2c(O[C@@H]3C[C@H]4C(=O)N[C@]5(C(=O)NS(=O)(=O)C6CC6)C[C@H]5/C=C\CCCCCCC(=O)N4C3)cc(-c3nccs3)nc12. The minimum absolute atomic E-state index is 0.150. The van der Waals surface area contributed by atoms with Gasteiger partial charge in [-0.15, -0.1) is 11.3 Å². The van der Waals surface area contributed by atoms with Gasteiger partial charge in [-0.2, -0.15) is 0 Å². The molecule has 0 unspecified atom stereocenters. The second-order valence-electron chi connectivity index (χ2n) is 13.3. The molecule has 0 spiro atoms. The van der Waals surface area contributed by atoms with Crippen molar-refractivity contribution in [3.8, 4) is 22.2 Å². The van der Waals surface area contributed by atoms with E-state index in [1.807, 2.05) is 23.6 Å². The van der Waals surface area contributed by atoms with Gasteiger partial charge in [-0.25, -0.2) is 18.4 Å². The summed E-state index contributed by atoms with van der Waals surface area (Å²) in [6, 6.07) is 4.41. The van der Waals surface area contributed by atoms with Crippen molar-refractivity contribution in [3.05, 3.63) is 41.9 Å². The first-order valence-electron chi connectivity index (χ1n) is 16.8. The summed E-state index contributed by atoms with van der Waals surface area (Å²) in [5.41, 5.74) is -0.0342. The van der Waals surface area contributed by atoms with E-state index in [0.29, 0.717) is 57.8 Å². The van der Waals surface area contributed by atoms with Gasteiger partial charge in [0.25, 0.3) is 5.91 Å². The molecule has 1 saturated heterocycles. The lowest BCUT2D eigenvalue weighted by Gasteiger charge is -2.26. The van der Waals surface area contributed by atoms with Crippen LogP contribution in [-0.2, 0) is 24.4 Å². The van der Waals surface area contributed by atoms with Gasteiger partial charge in [-0.05, 0) is 56.1 Å².